The van der Waals surface area contributed by atoms with Crippen LogP contribution in [-0.2, 0) is 47.7 Å². The average Bonchev–Trinajstić information content (AvgIpc) is 1.81. The van der Waals surface area contributed by atoms with Gasteiger partial charge in [0.2, 0.25) is 29.5 Å². The van der Waals surface area contributed by atoms with Gasteiger partial charge in [-0.1, -0.05) is 381 Å². The van der Waals surface area contributed by atoms with E-state index in [0.29, 0.717) is 127 Å². The van der Waals surface area contributed by atoms with Crippen LogP contribution in [0.5, 0.6) is 0 Å². The van der Waals surface area contributed by atoms with E-state index >= 15 is 0 Å². The molecule has 0 bridgehead atoms. The van der Waals surface area contributed by atoms with Crippen molar-refractivity contribution in [2.45, 2.75) is 540 Å². The zero-order chi connectivity index (χ0) is 110. The van der Waals surface area contributed by atoms with E-state index in [1.165, 1.54) is 154 Å². The lowest BCUT2D eigenvalue weighted by molar-refractivity contribution is -0.180. The molecule has 0 aromatic heterocycles. The molecule has 0 saturated carbocycles. The third-order valence-electron chi connectivity index (χ3n) is 30.6. The van der Waals surface area contributed by atoms with Gasteiger partial charge in [-0.2, -0.15) is 0 Å². The zero-order valence-corrected chi connectivity index (χ0v) is 103. The number of rotatable bonds is 38. The number of aliphatic hydroxyl groups is 2. The predicted octanol–water partition coefficient (Wildman–Crippen LogP) is 30.4. The standard InChI is InChI=1S/C19H37NO2.2C18H35NO2.C18H35NO.C18H37N.C17H33NO2.C17H32O3/c1-18(2,3)12-8-7-9-16(19(4,5)6)17(22)20-13-10-15(21)11-14-20;1-17(2,3)11-8-7-9-15(18(4,5)6)16(21)19-12-10-14(20)13-19;1-17(2,3)10-8-7-9-15(18(4,5)6)16(20)19-11-13-21-14-12-19;1-17(2,3)12-8-7-11-15(18(4,5)6)16(20)19-13-9-10-14-19;1-17(2,3)12-8-7-11-16(18(4,5)6)15-19-13-9-10-14-19;1-16(2,3)10-8-7-9-14(17(4,5)6)15(19)18-13-11-20-12-13;1-16(2,3)10-8-7-9-14(17(4,5)6)15(18)20-13-11-19-12-13/h15-16,21H,7-14H2,1-6H3;14-15,20H,7-13H2,1-6H3;15H,7-14H2,1-6H3;15H,7-14H2,1-6H3;16H,7-15H2,1-6H3;13-14H,7-12H2,1-6H3,(H,18,19);13-14H,7-12H2,1-6H3. The van der Waals surface area contributed by atoms with Gasteiger partial charge >= 0.3 is 5.97 Å². The number of amides is 5. The molecule has 0 aromatic carbocycles. The number of β-amino-alcohol motifs (C(OH)–C–C–N with tert-alkyl or cyclic N) is 1. The summed E-state index contributed by atoms with van der Waals surface area (Å²) >= 11 is 0. The van der Waals surface area contributed by atoms with Crippen molar-refractivity contribution in [2.24, 2.45) is 117 Å². The molecule has 7 heterocycles. The normalized spacial score (nSPS) is 19.3. The quantitative estimate of drug-likeness (QED) is 0.0389. The molecule has 0 aromatic rings. The fraction of sp³-hybridized carbons (Fsp3) is 0.952. The number of unbranched alkanes of at least 4 members (excludes halogenated alkanes) is 7. The van der Waals surface area contributed by atoms with E-state index in [-0.39, 0.29) is 110 Å². The monoisotopic (exact) mass is 2020 g/mol. The molecule has 3 N–H and O–H groups in total. The maximum absolute atomic E-state index is 12.9. The first-order valence-corrected chi connectivity index (χ1v) is 58.6. The Labute approximate surface area is 886 Å². The van der Waals surface area contributed by atoms with Crippen molar-refractivity contribution in [1.29, 1.82) is 0 Å². The maximum atomic E-state index is 12.9. The first kappa shape index (κ1) is 138. The molecular formula is C125H244N6O12. The fourth-order valence-electron chi connectivity index (χ4n) is 20.5. The van der Waals surface area contributed by atoms with Gasteiger partial charge in [-0.05, 0) is 230 Å². The Bertz CT molecular complexity index is 3300. The van der Waals surface area contributed by atoms with E-state index in [1.807, 2.05) is 14.7 Å². The molecule has 18 nitrogen and oxygen atoms in total. The smallest absolute Gasteiger partial charge is 0.309 e. The molecule has 0 radical (unpaired) electrons. The Kier molecular flexibility index (Phi) is 60.9. The second-order valence-corrected chi connectivity index (χ2v) is 61.3. The van der Waals surface area contributed by atoms with Crippen LogP contribution in [0.2, 0.25) is 0 Å². The Morgan fingerprint density at radius 2 is 0.545 bits per heavy atom. The van der Waals surface area contributed by atoms with Crippen molar-refractivity contribution >= 4 is 35.5 Å². The summed E-state index contributed by atoms with van der Waals surface area (Å²) in [5.41, 5.74) is 3.41. The Morgan fingerprint density at radius 3 is 0.811 bits per heavy atom. The number of carbonyl (C=O) groups excluding carboxylic acids is 6. The minimum Gasteiger partial charge on any atom is -0.457 e. The number of carbonyl (C=O) groups is 6. The molecular weight excluding hydrogens is 1780 g/mol. The topological polar surface area (TPSA) is 208 Å². The summed E-state index contributed by atoms with van der Waals surface area (Å²) in [6.45, 7) is 108. The van der Waals surface area contributed by atoms with Gasteiger partial charge in [-0.3, -0.25) is 28.8 Å². The molecule has 18 heteroatoms. The number of morpholine rings is 1. The number of nitrogens with one attached hydrogen (secondary N) is 1. The molecule has 0 aliphatic carbocycles. The molecule has 7 rings (SSSR count). The van der Waals surface area contributed by atoms with E-state index in [2.05, 4.69) is 306 Å². The van der Waals surface area contributed by atoms with Crippen LogP contribution in [0.3, 0.4) is 0 Å². The van der Waals surface area contributed by atoms with Crippen LogP contribution in [0.25, 0.3) is 0 Å². The van der Waals surface area contributed by atoms with Crippen molar-refractivity contribution in [1.82, 2.24) is 29.8 Å². The van der Waals surface area contributed by atoms with E-state index in [4.69, 9.17) is 18.9 Å². The maximum Gasteiger partial charge on any atom is 0.309 e. The van der Waals surface area contributed by atoms with Gasteiger partial charge in [-0.15, -0.1) is 0 Å². The van der Waals surface area contributed by atoms with Gasteiger partial charge in [0.05, 0.1) is 63.8 Å². The molecule has 0 spiro atoms. The van der Waals surface area contributed by atoms with Gasteiger partial charge in [-0.25, -0.2) is 0 Å². The highest BCUT2D eigenvalue weighted by Gasteiger charge is 2.43. The number of nitrogens with zero attached hydrogens (tertiary/aromatic N) is 5. The van der Waals surface area contributed by atoms with Crippen LogP contribution < -0.4 is 5.32 Å². The van der Waals surface area contributed by atoms with Crippen LogP contribution >= 0.6 is 0 Å². The number of likely N-dealkylation sites (tertiary alicyclic amines) is 4. The van der Waals surface area contributed by atoms with Gasteiger partial charge in [0, 0.05) is 88.5 Å². The third-order valence-corrected chi connectivity index (χ3v) is 30.6. The molecule has 7 fully saturated rings. The lowest BCUT2D eigenvalue weighted by Gasteiger charge is -2.37. The fourth-order valence-corrected chi connectivity index (χ4v) is 20.5. The zero-order valence-electron chi connectivity index (χ0n) is 103. The summed E-state index contributed by atoms with van der Waals surface area (Å²) < 4.78 is 21.0. The van der Waals surface area contributed by atoms with E-state index in [1.54, 1.807) is 0 Å². The molecule has 8 atom stereocenters. The van der Waals surface area contributed by atoms with Crippen LogP contribution in [0.4, 0.5) is 0 Å². The highest BCUT2D eigenvalue weighted by atomic mass is 16.6. The highest BCUT2D eigenvalue weighted by molar-refractivity contribution is 5.82. The molecule has 8 unspecified atom stereocenters. The average molecular weight is 2020 g/mol. The first-order valence-electron chi connectivity index (χ1n) is 58.6. The number of esters is 1. The summed E-state index contributed by atoms with van der Waals surface area (Å²) in [5.74, 6) is 2.92. The second kappa shape index (κ2) is 63.3. The van der Waals surface area contributed by atoms with Crippen LogP contribution in [-0.4, -0.2) is 206 Å². The van der Waals surface area contributed by atoms with Crippen molar-refractivity contribution in [2.75, 3.05) is 112 Å². The number of hydrogen-bond donors (Lipinski definition) is 3. The minimum atomic E-state index is -0.324. The van der Waals surface area contributed by atoms with Crippen molar-refractivity contribution in [3.63, 3.8) is 0 Å². The highest BCUT2D eigenvalue weighted by Crippen LogP contribution is 2.43. The lowest BCUT2D eigenvalue weighted by atomic mass is 9.76. The third kappa shape index (κ3) is 64.9. The van der Waals surface area contributed by atoms with Crippen molar-refractivity contribution in [3.8, 4) is 0 Å². The SMILES string of the molecule is CC(C)(C)CCCCC(C(=O)N1CCC(O)C1)C(C)(C)C.CC(C)(C)CCCCC(C(=O)N1CCC(O)CC1)C(C)(C)C.CC(C)(C)CCCCC(C(=O)N1CCCC1)C(C)(C)C.CC(C)(C)CCCCC(C(=O)N1CCOCC1)C(C)(C)C.CC(C)(C)CCCCC(C(=O)NC1COC1)C(C)(C)C.CC(C)(C)CCCCC(C(=O)OC1COC1)C(C)(C)C.CC(C)(C)CCCCC(CN1CCCC1)C(C)(C)C. The van der Waals surface area contributed by atoms with Crippen molar-refractivity contribution in [3.05, 3.63) is 0 Å². The largest absolute Gasteiger partial charge is 0.457 e. The molecule has 7 aliphatic rings. The van der Waals surface area contributed by atoms with E-state index < -0.39 is 0 Å². The summed E-state index contributed by atoms with van der Waals surface area (Å²) in [7, 11) is 0. The summed E-state index contributed by atoms with van der Waals surface area (Å²) in [6, 6.07) is 0.238. The molecule has 7 aliphatic heterocycles. The molecule has 846 valence electrons. The predicted molar refractivity (Wildman–Crippen MR) is 607 cm³/mol. The number of piperidine rings is 1. The summed E-state index contributed by atoms with van der Waals surface area (Å²) in [4.78, 5) is 86.5. The summed E-state index contributed by atoms with van der Waals surface area (Å²) in [5, 5.41) is 22.4. The first-order chi connectivity index (χ1) is 65.1. The number of aliphatic hydroxyl groups excluding tert-OH is 2. The van der Waals surface area contributed by atoms with Gasteiger partial charge in [0.1, 0.15) is 6.10 Å². The van der Waals surface area contributed by atoms with Gasteiger partial charge in [0.25, 0.3) is 0 Å². The van der Waals surface area contributed by atoms with Crippen LogP contribution in [0.15, 0.2) is 0 Å². The molecule has 7 saturated heterocycles. The van der Waals surface area contributed by atoms with Gasteiger partial charge in [0.15, 0.2) is 0 Å². The van der Waals surface area contributed by atoms with E-state index in [0.717, 1.165) is 122 Å². The van der Waals surface area contributed by atoms with Crippen LogP contribution in [0, 0.1) is 117 Å². The Hall–Kier alpha value is -3.42. The lowest BCUT2D eigenvalue weighted by Crippen LogP contribution is -2.51. The second-order valence-electron chi connectivity index (χ2n) is 61.3. The minimum absolute atomic E-state index is 0.00758. The summed E-state index contributed by atoms with van der Waals surface area (Å²) in [6.07, 6.45) is 39.7. The molecule has 5 amide bonds. The molecule has 143 heavy (non-hydrogen) atoms. The van der Waals surface area contributed by atoms with Crippen LogP contribution in [0.1, 0.15) is 516 Å². The van der Waals surface area contributed by atoms with Gasteiger partial charge < -0.3 is 59.0 Å². The van der Waals surface area contributed by atoms with E-state index in [9.17, 15) is 39.0 Å². The number of hydrogen-bond acceptors (Lipinski definition) is 13. The number of ether oxygens (including phenoxy) is 4. The Morgan fingerprint density at radius 1 is 0.287 bits per heavy atom. The Balaban J connectivity index is 0.000000834. The van der Waals surface area contributed by atoms with Crippen molar-refractivity contribution < 1.29 is 57.9 Å².